The van der Waals surface area contributed by atoms with E-state index in [1.165, 1.54) is 11.3 Å². The Bertz CT molecular complexity index is 816. The van der Waals surface area contributed by atoms with Crippen molar-refractivity contribution in [1.82, 2.24) is 10.2 Å². The molecule has 0 radical (unpaired) electrons. The van der Waals surface area contributed by atoms with Crippen molar-refractivity contribution in [3.05, 3.63) is 52.2 Å². The van der Waals surface area contributed by atoms with Gasteiger partial charge in [-0.25, -0.2) is 0 Å². The molecule has 1 aliphatic rings. The lowest BCUT2D eigenvalue weighted by atomic mass is 10.1. The summed E-state index contributed by atoms with van der Waals surface area (Å²) in [6.07, 6.45) is 0. The Labute approximate surface area is 161 Å². The number of nitrogens with one attached hydrogen (secondary N) is 2. The van der Waals surface area contributed by atoms with Crippen LogP contribution in [0.1, 0.15) is 27.0 Å². The summed E-state index contributed by atoms with van der Waals surface area (Å²) in [6, 6.07) is 9.56. The Balaban J connectivity index is 1.60. The summed E-state index contributed by atoms with van der Waals surface area (Å²) in [6.45, 7) is 3.79. The lowest BCUT2D eigenvalue weighted by Gasteiger charge is -2.27. The summed E-state index contributed by atoms with van der Waals surface area (Å²) in [5.41, 5.74) is 1.02. The number of carbonyl (C=O) groups is 3. The molecule has 0 bridgehead atoms. The number of ether oxygens (including phenoxy) is 1. The second-order valence-electron chi connectivity index (χ2n) is 6.15. The van der Waals surface area contributed by atoms with E-state index in [0.717, 1.165) is 0 Å². The topological polar surface area (TPSA) is 87.7 Å². The molecule has 1 aliphatic heterocycles. The molecule has 7 nitrogen and oxygen atoms in total. The van der Waals surface area contributed by atoms with Crippen molar-refractivity contribution < 1.29 is 19.1 Å². The number of benzene rings is 1. The third-order valence-corrected chi connectivity index (χ3v) is 5.03. The van der Waals surface area contributed by atoms with E-state index in [1.54, 1.807) is 53.6 Å². The van der Waals surface area contributed by atoms with E-state index in [1.807, 2.05) is 0 Å². The average molecular weight is 387 g/mol. The maximum atomic E-state index is 12.6. The Morgan fingerprint density at radius 2 is 1.93 bits per heavy atom. The van der Waals surface area contributed by atoms with Gasteiger partial charge in [0.2, 0.25) is 5.91 Å². The average Bonchev–Trinajstić information content (AvgIpc) is 3.23. The van der Waals surface area contributed by atoms with Gasteiger partial charge in [-0.15, -0.1) is 11.3 Å². The van der Waals surface area contributed by atoms with Crippen molar-refractivity contribution in [2.45, 2.75) is 13.0 Å². The molecule has 1 atom stereocenters. The summed E-state index contributed by atoms with van der Waals surface area (Å²) in [7, 11) is 0. The molecule has 1 aromatic heterocycles. The van der Waals surface area contributed by atoms with Crippen LogP contribution >= 0.6 is 11.3 Å². The number of morpholine rings is 1. The first-order chi connectivity index (χ1) is 13.0. The minimum atomic E-state index is -0.710. The summed E-state index contributed by atoms with van der Waals surface area (Å²) in [5.74, 6) is -0.729. The van der Waals surface area contributed by atoms with E-state index in [-0.39, 0.29) is 17.7 Å². The van der Waals surface area contributed by atoms with Gasteiger partial charge < -0.3 is 20.3 Å². The maximum absolute atomic E-state index is 12.6. The van der Waals surface area contributed by atoms with Gasteiger partial charge in [-0.05, 0) is 36.6 Å². The van der Waals surface area contributed by atoms with Crippen LogP contribution in [0.5, 0.6) is 0 Å². The summed E-state index contributed by atoms with van der Waals surface area (Å²) >= 11 is 1.31. The van der Waals surface area contributed by atoms with Crippen molar-refractivity contribution in [2.24, 2.45) is 0 Å². The Morgan fingerprint density at radius 1 is 1.15 bits per heavy atom. The largest absolute Gasteiger partial charge is 0.378 e. The van der Waals surface area contributed by atoms with Crippen molar-refractivity contribution in [2.75, 3.05) is 31.6 Å². The number of rotatable bonds is 5. The molecule has 3 amide bonds. The zero-order valence-electron chi connectivity index (χ0n) is 14.9. The molecule has 2 heterocycles. The number of carbonyl (C=O) groups excluding carboxylic acids is 3. The van der Waals surface area contributed by atoms with E-state index in [4.69, 9.17) is 4.74 Å². The summed E-state index contributed by atoms with van der Waals surface area (Å²) < 4.78 is 5.26. The Morgan fingerprint density at radius 3 is 2.63 bits per heavy atom. The fraction of sp³-hybridized carbons (Fsp3) is 0.316. The predicted octanol–water partition coefficient (Wildman–Crippen LogP) is 1.98. The molecule has 0 saturated carbocycles. The molecule has 0 spiro atoms. The number of nitrogens with zero attached hydrogens (tertiary/aromatic N) is 1. The zero-order chi connectivity index (χ0) is 19.2. The van der Waals surface area contributed by atoms with Gasteiger partial charge in [0.15, 0.2) is 0 Å². The molecule has 2 N–H and O–H groups in total. The second-order valence-corrected chi connectivity index (χ2v) is 7.09. The van der Waals surface area contributed by atoms with E-state index >= 15 is 0 Å². The fourth-order valence-electron chi connectivity index (χ4n) is 2.67. The normalized spacial score (nSPS) is 15.1. The fourth-order valence-corrected chi connectivity index (χ4v) is 3.30. The number of amides is 3. The molecule has 1 unspecified atom stereocenters. The maximum Gasteiger partial charge on any atom is 0.261 e. The third kappa shape index (κ3) is 4.93. The summed E-state index contributed by atoms with van der Waals surface area (Å²) in [5, 5.41) is 7.21. The monoisotopic (exact) mass is 387 g/mol. The first kappa shape index (κ1) is 19.1. The van der Waals surface area contributed by atoms with Gasteiger partial charge in [-0.3, -0.25) is 14.4 Å². The van der Waals surface area contributed by atoms with Crippen molar-refractivity contribution >= 4 is 34.7 Å². The molecule has 27 heavy (non-hydrogen) atoms. The van der Waals surface area contributed by atoms with E-state index < -0.39 is 6.04 Å². The van der Waals surface area contributed by atoms with Gasteiger partial charge in [0.05, 0.1) is 18.1 Å². The number of hydrogen-bond acceptors (Lipinski definition) is 5. The second kappa shape index (κ2) is 8.79. The van der Waals surface area contributed by atoms with Crippen molar-refractivity contribution in [3.8, 4) is 0 Å². The molecule has 1 fully saturated rings. The molecular formula is C19H21N3O4S. The lowest BCUT2D eigenvalue weighted by Crippen LogP contribution is -2.41. The predicted molar refractivity (Wildman–Crippen MR) is 103 cm³/mol. The summed E-state index contributed by atoms with van der Waals surface area (Å²) in [4.78, 5) is 39.2. The van der Waals surface area contributed by atoms with Crippen LogP contribution in [0, 0.1) is 0 Å². The van der Waals surface area contributed by atoms with Crippen molar-refractivity contribution in [1.29, 1.82) is 0 Å². The van der Waals surface area contributed by atoms with Crippen LogP contribution in [0.4, 0.5) is 5.69 Å². The van der Waals surface area contributed by atoms with Gasteiger partial charge in [-0.2, -0.15) is 0 Å². The highest BCUT2D eigenvalue weighted by atomic mass is 32.1. The van der Waals surface area contributed by atoms with Gasteiger partial charge in [-0.1, -0.05) is 12.1 Å². The quantitative estimate of drug-likeness (QED) is 0.821. The first-order valence-corrected chi connectivity index (χ1v) is 9.55. The van der Waals surface area contributed by atoms with Gasteiger partial charge in [0, 0.05) is 24.3 Å². The number of anilines is 1. The molecule has 2 aromatic rings. The smallest absolute Gasteiger partial charge is 0.261 e. The zero-order valence-corrected chi connectivity index (χ0v) is 15.8. The molecule has 3 rings (SSSR count). The van der Waals surface area contributed by atoms with Gasteiger partial charge in [0.1, 0.15) is 6.04 Å². The minimum Gasteiger partial charge on any atom is -0.378 e. The molecule has 142 valence electrons. The number of hydrogen-bond donors (Lipinski definition) is 2. The van der Waals surface area contributed by atoms with E-state index in [2.05, 4.69) is 10.6 Å². The van der Waals surface area contributed by atoms with Crippen LogP contribution in [-0.4, -0.2) is 55.0 Å². The highest BCUT2D eigenvalue weighted by molar-refractivity contribution is 7.12. The van der Waals surface area contributed by atoms with E-state index in [0.29, 0.717) is 42.4 Å². The third-order valence-electron chi connectivity index (χ3n) is 4.16. The highest BCUT2D eigenvalue weighted by Crippen LogP contribution is 2.14. The Kier molecular flexibility index (Phi) is 6.20. The van der Waals surface area contributed by atoms with Crippen LogP contribution in [0.3, 0.4) is 0 Å². The van der Waals surface area contributed by atoms with Crippen LogP contribution in [0.15, 0.2) is 41.8 Å². The molecular weight excluding hydrogens is 366 g/mol. The molecule has 1 saturated heterocycles. The highest BCUT2D eigenvalue weighted by Gasteiger charge is 2.20. The molecule has 0 aliphatic carbocycles. The van der Waals surface area contributed by atoms with Crippen LogP contribution < -0.4 is 10.6 Å². The minimum absolute atomic E-state index is 0.0894. The Hall–Kier alpha value is -2.71. The van der Waals surface area contributed by atoms with Crippen LogP contribution in [-0.2, 0) is 9.53 Å². The molecule has 1 aromatic carbocycles. The first-order valence-electron chi connectivity index (χ1n) is 8.67. The van der Waals surface area contributed by atoms with Gasteiger partial charge >= 0.3 is 0 Å². The van der Waals surface area contributed by atoms with Gasteiger partial charge in [0.25, 0.3) is 11.8 Å². The molecule has 8 heteroatoms. The van der Waals surface area contributed by atoms with Crippen LogP contribution in [0.2, 0.25) is 0 Å². The number of thiophene rings is 1. The SMILES string of the molecule is CC(NC(=O)c1cccs1)C(=O)Nc1cccc(C(=O)N2CCOCC2)c1. The van der Waals surface area contributed by atoms with Crippen LogP contribution in [0.25, 0.3) is 0 Å². The van der Waals surface area contributed by atoms with Crippen molar-refractivity contribution in [3.63, 3.8) is 0 Å². The lowest BCUT2D eigenvalue weighted by molar-refractivity contribution is -0.117. The van der Waals surface area contributed by atoms with E-state index in [9.17, 15) is 14.4 Å². The standard InChI is InChI=1S/C19H21N3O4S/c1-13(20-18(24)16-6-3-11-27-16)17(23)21-15-5-2-4-14(12-15)19(25)22-7-9-26-10-8-22/h2-6,11-13H,7-10H2,1H3,(H,20,24)(H,21,23).